The normalized spacial score (nSPS) is 36.9. The number of ketones is 1. The van der Waals surface area contributed by atoms with Crippen LogP contribution in [0.5, 0.6) is 0 Å². The van der Waals surface area contributed by atoms with Crippen LogP contribution < -0.4 is 0 Å². The average Bonchev–Trinajstić information content (AvgIpc) is 2.24. The van der Waals surface area contributed by atoms with Gasteiger partial charge in [0.2, 0.25) is 0 Å². The predicted molar refractivity (Wildman–Crippen MR) is 62.2 cm³/mol. The molecule has 2 atom stereocenters. The highest BCUT2D eigenvalue weighted by atomic mass is 19.1. The fraction of sp³-hybridized carbons (Fsp3) is 0.923. The van der Waals surface area contributed by atoms with Gasteiger partial charge in [0.15, 0.2) is 5.78 Å². The van der Waals surface area contributed by atoms with Crippen molar-refractivity contribution in [2.75, 3.05) is 6.61 Å². The molecule has 0 saturated carbocycles. The van der Waals surface area contributed by atoms with Crippen molar-refractivity contribution in [1.29, 1.82) is 0 Å². The van der Waals surface area contributed by atoms with E-state index in [1.165, 1.54) is 0 Å². The topological polar surface area (TPSA) is 26.3 Å². The molecule has 0 aromatic heterocycles. The van der Waals surface area contributed by atoms with E-state index in [2.05, 4.69) is 0 Å². The summed E-state index contributed by atoms with van der Waals surface area (Å²) < 4.78 is 19.4. The Bertz CT molecular complexity index is 278. The van der Waals surface area contributed by atoms with Crippen LogP contribution in [0.2, 0.25) is 0 Å². The summed E-state index contributed by atoms with van der Waals surface area (Å²) in [4.78, 5) is 12.3. The Morgan fingerprint density at radius 2 is 1.81 bits per heavy atom. The van der Waals surface area contributed by atoms with E-state index < -0.39 is 16.7 Å². The Kier molecular flexibility index (Phi) is 3.49. The summed E-state index contributed by atoms with van der Waals surface area (Å²) in [5.41, 5.74) is -2.55. The third-order valence-electron chi connectivity index (χ3n) is 3.21. The Morgan fingerprint density at radius 1 is 1.25 bits per heavy atom. The molecule has 0 spiro atoms. The number of halogens is 1. The molecular formula is C13H23FO2. The standard InChI is InChI=1S/C13H23FO2/c1-11(2,3)10(15)13(5)8-6-7-12(4,14)9-16-13/h6-9H2,1-5H3/t12?,13-/m1/s1. The monoisotopic (exact) mass is 230 g/mol. The zero-order chi connectivity index (χ0) is 12.6. The lowest BCUT2D eigenvalue weighted by Crippen LogP contribution is -2.45. The third kappa shape index (κ3) is 3.03. The number of carbonyl (C=O) groups excluding carboxylic acids is 1. The first kappa shape index (κ1) is 13.6. The third-order valence-corrected chi connectivity index (χ3v) is 3.21. The van der Waals surface area contributed by atoms with Crippen molar-refractivity contribution < 1.29 is 13.9 Å². The van der Waals surface area contributed by atoms with E-state index in [0.717, 1.165) is 0 Å². The summed E-state index contributed by atoms with van der Waals surface area (Å²) in [6.45, 7) is 8.99. The van der Waals surface area contributed by atoms with Crippen molar-refractivity contribution in [3.8, 4) is 0 Å². The van der Waals surface area contributed by atoms with Gasteiger partial charge in [0.25, 0.3) is 0 Å². The summed E-state index contributed by atoms with van der Waals surface area (Å²) in [6.07, 6.45) is 1.79. The zero-order valence-electron chi connectivity index (χ0n) is 11.0. The molecule has 3 heteroatoms. The maximum absolute atomic E-state index is 13.8. The van der Waals surface area contributed by atoms with E-state index >= 15 is 0 Å². The van der Waals surface area contributed by atoms with Crippen molar-refractivity contribution in [3.05, 3.63) is 0 Å². The van der Waals surface area contributed by atoms with Gasteiger partial charge in [-0.05, 0) is 33.1 Å². The van der Waals surface area contributed by atoms with Crippen molar-refractivity contribution in [1.82, 2.24) is 0 Å². The molecule has 16 heavy (non-hydrogen) atoms. The van der Waals surface area contributed by atoms with Crippen LogP contribution in [0.25, 0.3) is 0 Å². The van der Waals surface area contributed by atoms with Crippen LogP contribution in [0.1, 0.15) is 53.9 Å². The molecule has 0 N–H and O–H groups in total. The van der Waals surface area contributed by atoms with Crippen LogP contribution >= 0.6 is 0 Å². The quantitative estimate of drug-likeness (QED) is 0.691. The second-order valence-corrected chi connectivity index (χ2v) is 6.37. The molecule has 1 rings (SSSR count). The lowest BCUT2D eigenvalue weighted by molar-refractivity contribution is -0.154. The molecule has 1 fully saturated rings. The van der Waals surface area contributed by atoms with Crippen LogP contribution in [-0.2, 0) is 9.53 Å². The highest BCUT2D eigenvalue weighted by Crippen LogP contribution is 2.35. The molecule has 1 aliphatic heterocycles. The van der Waals surface area contributed by atoms with E-state index in [9.17, 15) is 9.18 Å². The van der Waals surface area contributed by atoms with Crippen LogP contribution in [-0.4, -0.2) is 23.7 Å². The second kappa shape index (κ2) is 4.10. The predicted octanol–water partition coefficient (Wildman–Crippen LogP) is 3.29. The van der Waals surface area contributed by atoms with Gasteiger partial charge >= 0.3 is 0 Å². The van der Waals surface area contributed by atoms with Crippen molar-refractivity contribution in [2.45, 2.75) is 65.2 Å². The first-order valence-corrected chi connectivity index (χ1v) is 5.95. The molecule has 0 aliphatic carbocycles. The minimum absolute atomic E-state index is 0.0192. The van der Waals surface area contributed by atoms with Gasteiger partial charge in [0.1, 0.15) is 11.3 Å². The molecule has 1 saturated heterocycles. The van der Waals surface area contributed by atoms with Gasteiger partial charge in [-0.1, -0.05) is 20.8 Å². The van der Waals surface area contributed by atoms with E-state index in [-0.39, 0.29) is 12.4 Å². The summed E-state index contributed by atoms with van der Waals surface area (Å²) in [5, 5.41) is 0. The van der Waals surface area contributed by atoms with Gasteiger partial charge in [0.05, 0.1) is 6.61 Å². The minimum Gasteiger partial charge on any atom is -0.364 e. The molecular weight excluding hydrogens is 207 g/mol. The fourth-order valence-corrected chi connectivity index (χ4v) is 2.22. The molecule has 94 valence electrons. The molecule has 1 aliphatic rings. The van der Waals surface area contributed by atoms with Crippen LogP contribution in [0.4, 0.5) is 4.39 Å². The average molecular weight is 230 g/mol. The first-order chi connectivity index (χ1) is 7.07. The maximum Gasteiger partial charge on any atom is 0.169 e. The van der Waals surface area contributed by atoms with Gasteiger partial charge in [-0.25, -0.2) is 4.39 Å². The lowest BCUT2D eigenvalue weighted by atomic mass is 9.79. The number of hydrogen-bond donors (Lipinski definition) is 0. The van der Waals surface area contributed by atoms with E-state index in [1.54, 1.807) is 13.8 Å². The highest BCUT2D eigenvalue weighted by Gasteiger charge is 2.44. The maximum atomic E-state index is 13.8. The van der Waals surface area contributed by atoms with Gasteiger partial charge in [-0.3, -0.25) is 4.79 Å². The van der Waals surface area contributed by atoms with Crippen molar-refractivity contribution >= 4 is 5.78 Å². The minimum atomic E-state index is -1.30. The van der Waals surface area contributed by atoms with E-state index in [0.29, 0.717) is 19.3 Å². The molecule has 0 radical (unpaired) electrons. The number of alkyl halides is 1. The number of ether oxygens (including phenoxy) is 1. The molecule has 0 amide bonds. The Hall–Kier alpha value is -0.440. The molecule has 1 unspecified atom stereocenters. The Labute approximate surface area is 97.6 Å². The largest absolute Gasteiger partial charge is 0.364 e. The summed E-state index contributed by atoms with van der Waals surface area (Å²) in [6, 6.07) is 0. The smallest absolute Gasteiger partial charge is 0.169 e. The number of hydrogen-bond acceptors (Lipinski definition) is 2. The van der Waals surface area contributed by atoms with Gasteiger partial charge in [-0.2, -0.15) is 0 Å². The number of carbonyl (C=O) groups is 1. The van der Waals surface area contributed by atoms with Gasteiger partial charge in [-0.15, -0.1) is 0 Å². The summed E-state index contributed by atoms with van der Waals surface area (Å²) in [7, 11) is 0. The van der Waals surface area contributed by atoms with E-state index in [4.69, 9.17) is 4.74 Å². The lowest BCUT2D eigenvalue weighted by Gasteiger charge is -2.33. The Balaban J connectivity index is 2.83. The molecule has 0 aromatic carbocycles. The van der Waals surface area contributed by atoms with E-state index in [1.807, 2.05) is 20.8 Å². The van der Waals surface area contributed by atoms with Gasteiger partial charge in [0, 0.05) is 5.41 Å². The summed E-state index contributed by atoms with van der Waals surface area (Å²) >= 11 is 0. The van der Waals surface area contributed by atoms with Crippen LogP contribution in [0.15, 0.2) is 0 Å². The SMILES string of the molecule is CC1(F)CCC[C@](C)(C(=O)C(C)(C)C)OC1. The zero-order valence-corrected chi connectivity index (χ0v) is 11.0. The first-order valence-electron chi connectivity index (χ1n) is 5.95. The molecule has 0 bridgehead atoms. The Morgan fingerprint density at radius 3 is 2.31 bits per heavy atom. The van der Waals surface area contributed by atoms with Crippen LogP contribution in [0, 0.1) is 5.41 Å². The molecule has 2 nitrogen and oxygen atoms in total. The van der Waals surface area contributed by atoms with Gasteiger partial charge < -0.3 is 4.74 Å². The fourth-order valence-electron chi connectivity index (χ4n) is 2.22. The number of rotatable bonds is 1. The second-order valence-electron chi connectivity index (χ2n) is 6.37. The van der Waals surface area contributed by atoms with Crippen molar-refractivity contribution in [3.63, 3.8) is 0 Å². The number of Topliss-reactive ketones (excluding diaryl/α,β-unsaturated/α-hetero) is 1. The summed E-state index contributed by atoms with van der Waals surface area (Å²) in [5.74, 6) is 0.0673. The van der Waals surface area contributed by atoms with Crippen molar-refractivity contribution in [2.24, 2.45) is 5.41 Å². The van der Waals surface area contributed by atoms with Crippen LogP contribution in [0.3, 0.4) is 0 Å². The highest BCUT2D eigenvalue weighted by molar-refractivity contribution is 5.91. The molecule has 1 heterocycles. The molecule has 0 aromatic rings.